The third kappa shape index (κ3) is 5.94. The van der Waals surface area contributed by atoms with Crippen molar-refractivity contribution in [3.05, 3.63) is 87.2 Å². The van der Waals surface area contributed by atoms with Crippen molar-refractivity contribution in [2.75, 3.05) is 25.1 Å². The van der Waals surface area contributed by atoms with Crippen molar-refractivity contribution in [2.24, 2.45) is 0 Å². The molecule has 2 saturated heterocycles. The number of carboxylic acids is 1. The molecule has 2 aromatic heterocycles. The van der Waals surface area contributed by atoms with Gasteiger partial charge in [-0.05, 0) is 84.8 Å². The largest absolute Gasteiger partial charge is 0.496 e. The molecule has 0 radical (unpaired) electrons. The Kier molecular flexibility index (Phi) is 7.94. The lowest BCUT2D eigenvalue weighted by Crippen LogP contribution is -2.38. The number of anilines is 1. The highest BCUT2D eigenvalue weighted by molar-refractivity contribution is 7.12. The summed E-state index contributed by atoms with van der Waals surface area (Å²) in [6.45, 7) is 5.08. The summed E-state index contributed by atoms with van der Waals surface area (Å²) in [4.78, 5) is 33.5. The molecule has 234 valence electrons. The molecule has 2 aromatic carbocycles. The quantitative estimate of drug-likeness (QED) is 0.211. The van der Waals surface area contributed by atoms with Gasteiger partial charge in [-0.1, -0.05) is 17.7 Å². The normalized spacial score (nSPS) is 18.1. The van der Waals surface area contributed by atoms with E-state index in [1.54, 1.807) is 44.5 Å². The number of thiophene rings is 1. The summed E-state index contributed by atoms with van der Waals surface area (Å²) < 4.78 is 52.1. The molecule has 8 nitrogen and oxygen atoms in total. The number of hydrogen-bond donors (Lipinski definition) is 1. The van der Waals surface area contributed by atoms with Crippen molar-refractivity contribution in [3.8, 4) is 28.0 Å². The van der Waals surface area contributed by atoms with E-state index in [4.69, 9.17) is 14.5 Å². The summed E-state index contributed by atoms with van der Waals surface area (Å²) in [6, 6.07) is 14.1. The van der Waals surface area contributed by atoms with Crippen LogP contribution < -0.4 is 9.64 Å². The molecule has 2 fully saturated rings. The fourth-order valence-corrected chi connectivity index (χ4v) is 6.49. The van der Waals surface area contributed by atoms with Crippen LogP contribution in [0.15, 0.2) is 60.0 Å². The lowest BCUT2D eigenvalue weighted by atomic mass is 9.96. The lowest BCUT2D eigenvalue weighted by Gasteiger charge is -2.33. The van der Waals surface area contributed by atoms with E-state index in [-0.39, 0.29) is 17.0 Å². The van der Waals surface area contributed by atoms with Crippen LogP contribution in [0, 0.1) is 6.92 Å². The first-order chi connectivity index (χ1) is 21.4. The predicted molar refractivity (Wildman–Crippen MR) is 164 cm³/mol. The number of nitrogens with zero attached hydrogens (tertiary/aromatic N) is 3. The smallest absolute Gasteiger partial charge is 0.416 e. The first-order valence-corrected chi connectivity index (χ1v) is 15.2. The number of carbonyl (C=O) groups is 2. The third-order valence-electron chi connectivity index (χ3n) is 8.24. The van der Waals surface area contributed by atoms with Gasteiger partial charge in [-0.3, -0.25) is 4.90 Å². The number of alkyl halides is 3. The number of pyridine rings is 1. The van der Waals surface area contributed by atoms with Crippen LogP contribution >= 0.6 is 11.3 Å². The fraction of sp³-hybridized carbons (Fsp3) is 0.303. The first-order valence-electron chi connectivity index (χ1n) is 14.3. The highest BCUT2D eigenvalue weighted by atomic mass is 32.1. The zero-order valence-electron chi connectivity index (χ0n) is 24.7. The summed E-state index contributed by atoms with van der Waals surface area (Å²) in [6.07, 6.45) is -5.04. The Hall–Kier alpha value is -4.58. The van der Waals surface area contributed by atoms with Crippen molar-refractivity contribution >= 4 is 29.2 Å². The van der Waals surface area contributed by atoms with Gasteiger partial charge in [0.25, 0.3) is 0 Å². The number of ether oxygens (including phenoxy) is 2. The Morgan fingerprint density at radius 1 is 1.09 bits per heavy atom. The van der Waals surface area contributed by atoms with Crippen LogP contribution in [0.3, 0.4) is 0 Å². The number of cyclic esters (lactones) is 1. The Morgan fingerprint density at radius 2 is 1.87 bits per heavy atom. The SMILES string of the molecule is COc1ccc(-c2csc(C(=O)O)c2)cc1-c1ccc(N2CCC2)nc1CN1C(=O)O[C@H](c2cc(C)cc(C(F)(F)F)c2)[C@@H]1C. The average Bonchev–Trinajstić information content (AvgIpc) is 3.57. The number of methoxy groups -OCH3 is 1. The Labute approximate surface area is 261 Å². The standard InChI is InChI=1S/C33H30F3N3O5S/c1-18-11-21(13-23(12-18)33(34,35)36)30-19(2)39(32(42)44-30)16-26-24(6-8-29(37-26)38-9-4-10-38)25-14-20(5-7-27(25)43-3)22-15-28(31(40)41)45-17-22/h5-8,11-15,17,19,30H,4,9-10,16H2,1-3H3,(H,40,41)/t19-,30-/m0/s1. The number of halogens is 3. The van der Waals surface area contributed by atoms with Crippen LogP contribution in [-0.2, 0) is 17.5 Å². The molecule has 1 N–H and O–H groups in total. The maximum Gasteiger partial charge on any atom is 0.416 e. The Morgan fingerprint density at radius 3 is 2.51 bits per heavy atom. The van der Waals surface area contributed by atoms with E-state index in [0.717, 1.165) is 59.9 Å². The van der Waals surface area contributed by atoms with Gasteiger partial charge in [-0.2, -0.15) is 13.2 Å². The first kappa shape index (κ1) is 30.4. The van der Waals surface area contributed by atoms with Gasteiger partial charge < -0.3 is 19.5 Å². The summed E-state index contributed by atoms with van der Waals surface area (Å²) in [7, 11) is 1.55. The van der Waals surface area contributed by atoms with Crippen molar-refractivity contribution < 1.29 is 37.3 Å². The van der Waals surface area contributed by atoms with Crippen LogP contribution in [-0.4, -0.2) is 53.3 Å². The molecule has 2 aliphatic rings. The van der Waals surface area contributed by atoms with Gasteiger partial charge in [0, 0.05) is 24.2 Å². The fourth-order valence-electron chi connectivity index (χ4n) is 5.74. The number of hydrogen-bond acceptors (Lipinski definition) is 7. The minimum atomic E-state index is -4.53. The number of aryl methyl sites for hydroxylation is 1. The van der Waals surface area contributed by atoms with Gasteiger partial charge in [0.2, 0.25) is 0 Å². The topological polar surface area (TPSA) is 92.2 Å². The molecule has 12 heteroatoms. The van der Waals surface area contributed by atoms with Gasteiger partial charge in [-0.15, -0.1) is 11.3 Å². The maximum absolute atomic E-state index is 13.6. The Balaban J connectivity index is 1.38. The summed E-state index contributed by atoms with van der Waals surface area (Å²) in [5.41, 5.74) is 3.38. The summed E-state index contributed by atoms with van der Waals surface area (Å²) in [5, 5.41) is 11.2. The minimum absolute atomic E-state index is 0.0421. The minimum Gasteiger partial charge on any atom is -0.496 e. The molecule has 45 heavy (non-hydrogen) atoms. The third-order valence-corrected chi connectivity index (χ3v) is 9.16. The zero-order valence-corrected chi connectivity index (χ0v) is 25.5. The van der Waals surface area contributed by atoms with Gasteiger partial charge in [0.15, 0.2) is 0 Å². The average molecular weight is 638 g/mol. The molecule has 0 saturated carbocycles. The number of aromatic nitrogens is 1. The Bertz CT molecular complexity index is 1790. The van der Waals surface area contributed by atoms with Gasteiger partial charge in [-0.25, -0.2) is 14.6 Å². The second-order valence-corrected chi connectivity index (χ2v) is 12.1. The highest BCUT2D eigenvalue weighted by Crippen LogP contribution is 2.41. The zero-order chi connectivity index (χ0) is 32.0. The van der Waals surface area contributed by atoms with E-state index in [1.165, 1.54) is 4.90 Å². The molecule has 1 amide bonds. The highest BCUT2D eigenvalue weighted by Gasteiger charge is 2.41. The molecular formula is C33H30F3N3O5S. The molecule has 4 aromatic rings. The summed E-state index contributed by atoms with van der Waals surface area (Å²) >= 11 is 1.14. The molecule has 0 spiro atoms. The van der Waals surface area contributed by atoms with Crippen LogP contribution in [0.5, 0.6) is 5.75 Å². The van der Waals surface area contributed by atoms with E-state index >= 15 is 0 Å². The van der Waals surface area contributed by atoms with Gasteiger partial charge in [0.05, 0.1) is 31.0 Å². The molecule has 0 aliphatic carbocycles. The van der Waals surface area contributed by atoms with E-state index in [1.807, 2.05) is 24.3 Å². The van der Waals surface area contributed by atoms with Gasteiger partial charge >= 0.3 is 18.2 Å². The number of carboxylic acid groups (broad SMARTS) is 1. The number of amides is 1. The second kappa shape index (κ2) is 11.7. The van der Waals surface area contributed by atoms with E-state index in [2.05, 4.69) is 4.90 Å². The predicted octanol–water partition coefficient (Wildman–Crippen LogP) is 7.80. The van der Waals surface area contributed by atoms with Crippen molar-refractivity contribution in [1.82, 2.24) is 9.88 Å². The molecular weight excluding hydrogens is 607 g/mol. The van der Waals surface area contributed by atoms with Crippen molar-refractivity contribution in [2.45, 2.75) is 45.1 Å². The number of aromatic carboxylic acids is 1. The van der Waals surface area contributed by atoms with Gasteiger partial charge in [0.1, 0.15) is 22.5 Å². The van der Waals surface area contributed by atoms with Crippen LogP contribution in [0.1, 0.15) is 51.5 Å². The molecule has 0 bridgehead atoms. The van der Waals surface area contributed by atoms with E-state index < -0.39 is 35.9 Å². The molecule has 2 atom stereocenters. The summed E-state index contributed by atoms with van der Waals surface area (Å²) in [5.74, 6) is 0.309. The van der Waals surface area contributed by atoms with E-state index in [9.17, 15) is 27.9 Å². The maximum atomic E-state index is 13.6. The van der Waals surface area contributed by atoms with Crippen LogP contribution in [0.2, 0.25) is 0 Å². The number of rotatable bonds is 8. The lowest BCUT2D eigenvalue weighted by molar-refractivity contribution is -0.137. The number of carbonyl (C=O) groups excluding carboxylic acids is 1. The molecule has 2 aliphatic heterocycles. The molecule has 4 heterocycles. The van der Waals surface area contributed by atoms with Crippen molar-refractivity contribution in [3.63, 3.8) is 0 Å². The molecule has 0 unspecified atom stereocenters. The molecule has 6 rings (SSSR count). The second-order valence-electron chi connectivity index (χ2n) is 11.2. The van der Waals surface area contributed by atoms with Crippen LogP contribution in [0.4, 0.5) is 23.8 Å². The number of benzene rings is 2. The van der Waals surface area contributed by atoms with Crippen LogP contribution in [0.25, 0.3) is 22.3 Å². The van der Waals surface area contributed by atoms with Crippen molar-refractivity contribution in [1.29, 1.82) is 0 Å². The monoisotopic (exact) mass is 637 g/mol. The van der Waals surface area contributed by atoms with E-state index in [0.29, 0.717) is 28.1 Å².